The maximum atomic E-state index is 12.0. The number of pyridine rings is 1. The van der Waals surface area contributed by atoms with E-state index in [1.807, 2.05) is 0 Å². The molecule has 2 aromatic rings. The lowest BCUT2D eigenvalue weighted by atomic mass is 10.2. The third kappa shape index (κ3) is 4.19. The molecule has 0 saturated carbocycles. The van der Waals surface area contributed by atoms with Crippen LogP contribution in [0.1, 0.15) is 17.3 Å². The summed E-state index contributed by atoms with van der Waals surface area (Å²) in [6.45, 7) is 1.47. The monoisotopic (exact) mass is 338 g/mol. The number of hydrogen-bond acceptors (Lipinski definition) is 4. The van der Waals surface area contributed by atoms with Crippen molar-refractivity contribution < 1.29 is 14.3 Å². The van der Waals surface area contributed by atoms with E-state index in [9.17, 15) is 9.59 Å². The van der Waals surface area contributed by atoms with Crippen LogP contribution in [-0.2, 0) is 9.53 Å². The quantitative estimate of drug-likeness (QED) is 0.683. The van der Waals surface area contributed by atoms with Gasteiger partial charge in [-0.25, -0.2) is 9.78 Å². The summed E-state index contributed by atoms with van der Waals surface area (Å²) in [4.78, 5) is 27.7. The Bertz CT molecular complexity index is 707. The second-order valence-electron chi connectivity index (χ2n) is 4.38. The number of nitrogens with one attached hydrogen (secondary N) is 1. The van der Waals surface area contributed by atoms with Gasteiger partial charge in [0, 0.05) is 6.20 Å². The van der Waals surface area contributed by atoms with Gasteiger partial charge in [-0.05, 0) is 31.2 Å². The van der Waals surface area contributed by atoms with Gasteiger partial charge >= 0.3 is 5.97 Å². The van der Waals surface area contributed by atoms with Crippen molar-refractivity contribution in [3.63, 3.8) is 0 Å². The smallest absolute Gasteiger partial charge is 0.339 e. The van der Waals surface area contributed by atoms with E-state index < -0.39 is 18.0 Å². The summed E-state index contributed by atoms with van der Waals surface area (Å²) in [6, 6.07) is 9.59. The Morgan fingerprint density at radius 1 is 1.23 bits per heavy atom. The van der Waals surface area contributed by atoms with Gasteiger partial charge in [-0.1, -0.05) is 35.3 Å². The van der Waals surface area contributed by atoms with E-state index in [-0.39, 0.29) is 10.7 Å². The maximum absolute atomic E-state index is 12.0. The fourth-order valence-electron chi connectivity index (χ4n) is 1.61. The van der Waals surface area contributed by atoms with Gasteiger partial charge in [0.2, 0.25) is 0 Å². The molecule has 0 radical (unpaired) electrons. The highest BCUT2D eigenvalue weighted by molar-refractivity contribution is 6.33. The Morgan fingerprint density at radius 2 is 1.95 bits per heavy atom. The molecule has 7 heteroatoms. The number of ether oxygens (including phenoxy) is 1. The lowest BCUT2D eigenvalue weighted by Crippen LogP contribution is -2.30. The van der Waals surface area contributed by atoms with E-state index >= 15 is 0 Å². The second kappa shape index (κ2) is 7.24. The van der Waals surface area contributed by atoms with Gasteiger partial charge in [0.05, 0.1) is 16.3 Å². The zero-order valence-corrected chi connectivity index (χ0v) is 13.1. The Morgan fingerprint density at radius 3 is 2.64 bits per heavy atom. The summed E-state index contributed by atoms with van der Waals surface area (Å²) in [5.41, 5.74) is 0.668. The summed E-state index contributed by atoms with van der Waals surface area (Å²) >= 11 is 11.6. The van der Waals surface area contributed by atoms with Gasteiger partial charge in [0.1, 0.15) is 5.15 Å². The van der Waals surface area contributed by atoms with E-state index in [1.165, 1.54) is 25.3 Å². The molecule has 1 amide bonds. The lowest BCUT2D eigenvalue weighted by Gasteiger charge is -2.14. The number of anilines is 1. The van der Waals surface area contributed by atoms with Crippen molar-refractivity contribution in [3.8, 4) is 0 Å². The van der Waals surface area contributed by atoms with E-state index in [0.717, 1.165) is 0 Å². The van der Waals surface area contributed by atoms with Crippen LogP contribution in [0.3, 0.4) is 0 Å². The van der Waals surface area contributed by atoms with Gasteiger partial charge in [-0.15, -0.1) is 0 Å². The number of carbonyl (C=O) groups excluding carboxylic acids is 2. The molecule has 0 saturated heterocycles. The molecule has 1 N–H and O–H groups in total. The zero-order valence-electron chi connectivity index (χ0n) is 11.5. The summed E-state index contributed by atoms with van der Waals surface area (Å²) in [6.07, 6.45) is 0.392. The highest BCUT2D eigenvalue weighted by atomic mass is 35.5. The first-order valence-electron chi connectivity index (χ1n) is 6.35. The van der Waals surface area contributed by atoms with Gasteiger partial charge in [0.25, 0.3) is 5.91 Å². The van der Waals surface area contributed by atoms with Crippen molar-refractivity contribution in [2.24, 2.45) is 0 Å². The number of hydrogen-bond donors (Lipinski definition) is 1. The van der Waals surface area contributed by atoms with Gasteiger partial charge in [-0.2, -0.15) is 0 Å². The molecular weight excluding hydrogens is 327 g/mol. The number of halogens is 2. The summed E-state index contributed by atoms with van der Waals surface area (Å²) in [5.74, 6) is -1.15. The van der Waals surface area contributed by atoms with E-state index in [2.05, 4.69) is 10.3 Å². The molecule has 1 atom stereocenters. The maximum Gasteiger partial charge on any atom is 0.339 e. The number of rotatable bonds is 4. The van der Waals surface area contributed by atoms with Crippen molar-refractivity contribution in [2.45, 2.75) is 13.0 Å². The molecule has 0 fully saturated rings. The van der Waals surface area contributed by atoms with Crippen LogP contribution in [0.4, 0.5) is 5.69 Å². The average molecular weight is 339 g/mol. The molecule has 0 spiro atoms. The third-order valence-electron chi connectivity index (χ3n) is 2.75. The summed E-state index contributed by atoms with van der Waals surface area (Å²) < 4.78 is 5.08. The van der Waals surface area contributed by atoms with Gasteiger partial charge in [0.15, 0.2) is 6.10 Å². The molecule has 0 aliphatic rings. The molecule has 1 aromatic heterocycles. The van der Waals surface area contributed by atoms with Crippen LogP contribution in [0.25, 0.3) is 0 Å². The molecule has 5 nitrogen and oxygen atoms in total. The summed E-state index contributed by atoms with van der Waals surface area (Å²) in [7, 11) is 0. The molecule has 0 aliphatic carbocycles. The molecule has 0 aliphatic heterocycles. The SMILES string of the molecule is CC(OC(=O)c1ccnc(Cl)c1)C(=O)Nc1ccccc1Cl. The molecule has 22 heavy (non-hydrogen) atoms. The van der Waals surface area contributed by atoms with Crippen molar-refractivity contribution in [3.05, 3.63) is 58.3 Å². The number of nitrogens with zero attached hydrogens (tertiary/aromatic N) is 1. The minimum atomic E-state index is -0.990. The lowest BCUT2D eigenvalue weighted by molar-refractivity contribution is -0.123. The minimum absolute atomic E-state index is 0.169. The normalized spacial score (nSPS) is 11.6. The first-order chi connectivity index (χ1) is 10.5. The molecular formula is C15H12Cl2N2O3. The van der Waals surface area contributed by atoms with Crippen LogP contribution >= 0.6 is 23.2 Å². The largest absolute Gasteiger partial charge is 0.449 e. The van der Waals surface area contributed by atoms with Crippen molar-refractivity contribution in [1.29, 1.82) is 0 Å². The van der Waals surface area contributed by atoms with Crippen LogP contribution in [0.5, 0.6) is 0 Å². The molecule has 1 heterocycles. The van der Waals surface area contributed by atoms with Crippen LogP contribution in [0.15, 0.2) is 42.6 Å². The molecule has 2 rings (SSSR count). The van der Waals surface area contributed by atoms with Crippen molar-refractivity contribution in [1.82, 2.24) is 4.98 Å². The van der Waals surface area contributed by atoms with Crippen LogP contribution < -0.4 is 5.32 Å². The molecule has 0 bridgehead atoms. The number of esters is 1. The zero-order chi connectivity index (χ0) is 16.1. The Balaban J connectivity index is 1.99. The number of para-hydroxylation sites is 1. The number of benzene rings is 1. The van der Waals surface area contributed by atoms with Crippen molar-refractivity contribution in [2.75, 3.05) is 5.32 Å². The predicted octanol–water partition coefficient (Wildman–Crippen LogP) is 3.57. The third-order valence-corrected chi connectivity index (χ3v) is 3.28. The minimum Gasteiger partial charge on any atom is -0.449 e. The Labute approximate surface area is 137 Å². The van der Waals surface area contributed by atoms with Crippen LogP contribution in [-0.4, -0.2) is 23.0 Å². The molecule has 1 unspecified atom stereocenters. The van der Waals surface area contributed by atoms with E-state index in [1.54, 1.807) is 24.3 Å². The number of amides is 1. The average Bonchev–Trinajstić information content (AvgIpc) is 2.49. The second-order valence-corrected chi connectivity index (χ2v) is 5.18. The first kappa shape index (κ1) is 16.3. The molecule has 1 aromatic carbocycles. The Kier molecular flexibility index (Phi) is 5.35. The standard InChI is InChI=1S/C15H12Cl2N2O3/c1-9(14(20)19-12-5-3-2-4-11(12)16)22-15(21)10-6-7-18-13(17)8-10/h2-9H,1H3,(H,19,20). The van der Waals surface area contributed by atoms with Crippen molar-refractivity contribution >= 4 is 40.8 Å². The van der Waals surface area contributed by atoms with Crippen LogP contribution in [0, 0.1) is 0 Å². The first-order valence-corrected chi connectivity index (χ1v) is 7.11. The van der Waals surface area contributed by atoms with E-state index in [0.29, 0.717) is 10.7 Å². The number of carbonyl (C=O) groups is 2. The number of aromatic nitrogens is 1. The van der Waals surface area contributed by atoms with Gasteiger partial charge < -0.3 is 10.1 Å². The Hall–Kier alpha value is -2.11. The summed E-state index contributed by atoms with van der Waals surface area (Å²) in [5, 5.41) is 3.16. The highest BCUT2D eigenvalue weighted by Gasteiger charge is 2.20. The molecule has 114 valence electrons. The topological polar surface area (TPSA) is 68.3 Å². The highest BCUT2D eigenvalue weighted by Crippen LogP contribution is 2.20. The van der Waals surface area contributed by atoms with Crippen LogP contribution in [0.2, 0.25) is 10.2 Å². The predicted molar refractivity (Wildman–Crippen MR) is 84.2 cm³/mol. The fourth-order valence-corrected chi connectivity index (χ4v) is 1.97. The van der Waals surface area contributed by atoms with Gasteiger partial charge in [-0.3, -0.25) is 4.79 Å². The fraction of sp³-hybridized carbons (Fsp3) is 0.133. The van der Waals surface area contributed by atoms with E-state index in [4.69, 9.17) is 27.9 Å².